The van der Waals surface area contributed by atoms with Gasteiger partial charge in [0.25, 0.3) is 10.0 Å². The van der Waals surface area contributed by atoms with Gasteiger partial charge in [0, 0.05) is 31.1 Å². The molecule has 1 N–H and O–H groups in total. The standard InChI is InChI=1S/C18H20ClF3N4O2S/c1-18(8-25(2)3)9-26(10-18)12-7-11(20)17(16(22)15(12)19)29(27,28)24-14-6-4-5-13(21)23-14/h4-7H,8-10H2,1-3H3,(H,23,24). The zero-order valence-corrected chi connectivity index (χ0v) is 17.6. The van der Waals surface area contributed by atoms with E-state index >= 15 is 0 Å². The van der Waals surface area contributed by atoms with E-state index in [-0.39, 0.29) is 11.1 Å². The first-order valence-electron chi connectivity index (χ1n) is 8.64. The van der Waals surface area contributed by atoms with Crippen molar-refractivity contribution in [2.75, 3.05) is 43.4 Å². The Labute approximate surface area is 172 Å². The lowest BCUT2D eigenvalue weighted by atomic mass is 9.81. The summed E-state index contributed by atoms with van der Waals surface area (Å²) in [5.41, 5.74) is 0.00974. The molecule has 2 heterocycles. The van der Waals surface area contributed by atoms with Gasteiger partial charge in [-0.25, -0.2) is 22.2 Å². The van der Waals surface area contributed by atoms with Gasteiger partial charge in [0.2, 0.25) is 5.95 Å². The number of anilines is 2. The summed E-state index contributed by atoms with van der Waals surface area (Å²) in [6, 6.07) is 4.26. The maximum Gasteiger partial charge on any atom is 0.268 e. The lowest BCUT2D eigenvalue weighted by Crippen LogP contribution is -2.59. The quantitative estimate of drug-likeness (QED) is 0.542. The van der Waals surface area contributed by atoms with Crippen LogP contribution < -0.4 is 9.62 Å². The Morgan fingerprint density at radius 1 is 1.28 bits per heavy atom. The molecule has 1 aliphatic heterocycles. The van der Waals surface area contributed by atoms with E-state index in [1.165, 1.54) is 6.07 Å². The molecular formula is C18H20ClF3N4O2S. The van der Waals surface area contributed by atoms with Crippen LogP contribution in [0.4, 0.5) is 24.7 Å². The van der Waals surface area contributed by atoms with Crippen LogP contribution in [0.1, 0.15) is 6.92 Å². The Bertz CT molecular complexity index is 1040. The number of aromatic nitrogens is 1. The minimum Gasteiger partial charge on any atom is -0.369 e. The van der Waals surface area contributed by atoms with Gasteiger partial charge in [-0.3, -0.25) is 4.72 Å². The number of benzene rings is 1. The molecule has 1 saturated heterocycles. The summed E-state index contributed by atoms with van der Waals surface area (Å²) >= 11 is 6.05. The first-order chi connectivity index (χ1) is 13.4. The number of nitrogens with zero attached hydrogens (tertiary/aromatic N) is 3. The number of pyridine rings is 1. The zero-order valence-electron chi connectivity index (χ0n) is 16.0. The second-order valence-electron chi connectivity index (χ2n) is 7.69. The third-order valence-electron chi connectivity index (χ3n) is 4.50. The van der Waals surface area contributed by atoms with Gasteiger partial charge in [-0.05, 0) is 26.2 Å². The van der Waals surface area contributed by atoms with Crippen LogP contribution in [0, 0.1) is 23.0 Å². The van der Waals surface area contributed by atoms with E-state index in [4.69, 9.17) is 11.6 Å². The second-order valence-corrected chi connectivity index (χ2v) is 9.69. The topological polar surface area (TPSA) is 65.5 Å². The van der Waals surface area contributed by atoms with E-state index in [0.717, 1.165) is 24.7 Å². The largest absolute Gasteiger partial charge is 0.369 e. The molecule has 0 atom stereocenters. The molecule has 1 aromatic carbocycles. The molecule has 2 aromatic rings. The van der Waals surface area contributed by atoms with Crippen molar-refractivity contribution in [3.05, 3.63) is 46.9 Å². The molecule has 0 saturated carbocycles. The molecule has 0 amide bonds. The van der Waals surface area contributed by atoms with Crippen molar-refractivity contribution < 1.29 is 21.6 Å². The highest BCUT2D eigenvalue weighted by Gasteiger charge is 2.41. The molecule has 6 nitrogen and oxygen atoms in total. The number of sulfonamides is 1. The van der Waals surface area contributed by atoms with Gasteiger partial charge >= 0.3 is 0 Å². The van der Waals surface area contributed by atoms with Crippen molar-refractivity contribution in [3.8, 4) is 0 Å². The van der Waals surface area contributed by atoms with Crippen LogP contribution in [0.15, 0.2) is 29.2 Å². The molecule has 29 heavy (non-hydrogen) atoms. The molecule has 0 spiro atoms. The van der Waals surface area contributed by atoms with Crippen LogP contribution in [-0.4, -0.2) is 52.0 Å². The van der Waals surface area contributed by atoms with E-state index in [9.17, 15) is 21.6 Å². The highest BCUT2D eigenvalue weighted by atomic mass is 35.5. The van der Waals surface area contributed by atoms with E-state index < -0.39 is 43.3 Å². The average Bonchev–Trinajstić information content (AvgIpc) is 2.54. The molecule has 1 aliphatic rings. The smallest absolute Gasteiger partial charge is 0.268 e. The van der Waals surface area contributed by atoms with E-state index in [2.05, 4.69) is 4.98 Å². The minimum absolute atomic E-state index is 0.0743. The second kappa shape index (κ2) is 7.66. The van der Waals surface area contributed by atoms with Gasteiger partial charge in [0.15, 0.2) is 10.7 Å². The minimum atomic E-state index is -4.72. The number of hydrogen-bond acceptors (Lipinski definition) is 5. The first-order valence-corrected chi connectivity index (χ1v) is 10.5. The highest BCUT2D eigenvalue weighted by molar-refractivity contribution is 7.92. The van der Waals surface area contributed by atoms with Crippen LogP contribution in [-0.2, 0) is 10.0 Å². The molecule has 0 unspecified atom stereocenters. The summed E-state index contributed by atoms with van der Waals surface area (Å²) < 4.78 is 69.4. The van der Waals surface area contributed by atoms with Crippen molar-refractivity contribution in [1.29, 1.82) is 0 Å². The summed E-state index contributed by atoms with van der Waals surface area (Å²) in [7, 11) is -0.861. The van der Waals surface area contributed by atoms with Crippen LogP contribution in [0.2, 0.25) is 5.02 Å². The molecule has 3 rings (SSSR count). The predicted molar refractivity (Wildman–Crippen MR) is 105 cm³/mol. The van der Waals surface area contributed by atoms with Crippen LogP contribution in [0.3, 0.4) is 0 Å². The van der Waals surface area contributed by atoms with Gasteiger partial charge in [-0.15, -0.1) is 0 Å². The summed E-state index contributed by atoms with van der Waals surface area (Å²) in [6.45, 7) is 3.85. The van der Waals surface area contributed by atoms with Crippen molar-refractivity contribution in [1.82, 2.24) is 9.88 Å². The summed E-state index contributed by atoms with van der Waals surface area (Å²) in [5.74, 6) is -4.07. The number of nitrogens with one attached hydrogen (secondary N) is 1. The molecule has 0 radical (unpaired) electrons. The van der Waals surface area contributed by atoms with Crippen LogP contribution in [0.25, 0.3) is 0 Å². The molecular weight excluding hydrogens is 429 g/mol. The predicted octanol–water partition coefficient (Wildman–Crippen LogP) is 3.34. The third-order valence-corrected chi connectivity index (χ3v) is 6.25. The zero-order chi connectivity index (χ0) is 21.6. The number of halogens is 4. The van der Waals surface area contributed by atoms with Gasteiger partial charge in [0.1, 0.15) is 16.7 Å². The molecule has 1 aromatic heterocycles. The lowest BCUT2D eigenvalue weighted by Gasteiger charge is -2.50. The van der Waals surface area contributed by atoms with E-state index in [1.807, 2.05) is 30.6 Å². The van der Waals surface area contributed by atoms with Gasteiger partial charge in [-0.1, -0.05) is 24.6 Å². The van der Waals surface area contributed by atoms with Gasteiger partial charge in [-0.2, -0.15) is 4.39 Å². The molecule has 0 aliphatic carbocycles. The third kappa shape index (κ3) is 4.44. The fourth-order valence-electron chi connectivity index (χ4n) is 3.61. The fraction of sp³-hybridized carbons (Fsp3) is 0.389. The molecule has 1 fully saturated rings. The van der Waals surface area contributed by atoms with Crippen molar-refractivity contribution in [2.24, 2.45) is 5.41 Å². The van der Waals surface area contributed by atoms with Crippen molar-refractivity contribution in [2.45, 2.75) is 11.8 Å². The number of rotatable bonds is 6. The average molecular weight is 449 g/mol. The Kier molecular flexibility index (Phi) is 5.72. The number of hydrogen-bond donors (Lipinski definition) is 1. The summed E-state index contributed by atoms with van der Waals surface area (Å²) in [5, 5.41) is -0.495. The fourth-order valence-corrected chi connectivity index (χ4v) is 5.07. The highest BCUT2D eigenvalue weighted by Crippen LogP contribution is 2.41. The lowest BCUT2D eigenvalue weighted by molar-refractivity contribution is 0.171. The van der Waals surface area contributed by atoms with Crippen molar-refractivity contribution >= 4 is 33.1 Å². The first kappa shape index (κ1) is 21.7. The van der Waals surface area contributed by atoms with Gasteiger partial charge < -0.3 is 9.80 Å². The monoisotopic (exact) mass is 448 g/mol. The Morgan fingerprint density at radius 2 is 1.93 bits per heavy atom. The SMILES string of the molecule is CN(C)CC1(C)CN(c2cc(F)c(S(=O)(=O)Nc3cccc(F)n3)c(F)c2Cl)C1. The Balaban J connectivity index is 1.90. The van der Waals surface area contributed by atoms with Crippen LogP contribution in [0.5, 0.6) is 0 Å². The maximum absolute atomic E-state index is 14.8. The van der Waals surface area contributed by atoms with Crippen molar-refractivity contribution in [3.63, 3.8) is 0 Å². The maximum atomic E-state index is 14.8. The molecule has 11 heteroatoms. The Morgan fingerprint density at radius 3 is 2.52 bits per heavy atom. The van der Waals surface area contributed by atoms with Gasteiger partial charge in [0.05, 0.1) is 5.69 Å². The normalized spacial score (nSPS) is 16.1. The molecule has 158 valence electrons. The Hall–Kier alpha value is -2.04. The summed E-state index contributed by atoms with van der Waals surface area (Å²) in [6.07, 6.45) is 0. The summed E-state index contributed by atoms with van der Waals surface area (Å²) in [4.78, 5) is 5.79. The molecule has 0 bridgehead atoms. The van der Waals surface area contributed by atoms with E-state index in [1.54, 1.807) is 4.90 Å². The van der Waals surface area contributed by atoms with Crippen LogP contribution >= 0.6 is 11.6 Å². The van der Waals surface area contributed by atoms with E-state index in [0.29, 0.717) is 13.1 Å².